The number of hydrogen-bond donors (Lipinski definition) is 0. The zero-order chi connectivity index (χ0) is 9.52. The van der Waals surface area contributed by atoms with Crippen LogP contribution in [0, 0.1) is 0 Å². The van der Waals surface area contributed by atoms with Crippen LogP contribution in [0.5, 0.6) is 0 Å². The Morgan fingerprint density at radius 3 is 3.15 bits per heavy atom. The average Bonchev–Trinajstić information content (AvgIpc) is 2.64. The lowest BCUT2D eigenvalue weighted by Gasteiger charge is -1.85. The minimum atomic E-state index is -0.621. The summed E-state index contributed by atoms with van der Waals surface area (Å²) < 4.78 is 9.30. The van der Waals surface area contributed by atoms with Gasteiger partial charge in [0.1, 0.15) is 5.76 Å². The van der Waals surface area contributed by atoms with Crippen LogP contribution in [0.3, 0.4) is 0 Å². The second-order valence-corrected chi connectivity index (χ2v) is 2.12. The molecule has 13 heavy (non-hydrogen) atoms. The molecular formula is C9H9NO3. The molecule has 0 atom stereocenters. The number of allylic oxidation sites excluding steroid dienone is 1. The van der Waals surface area contributed by atoms with E-state index in [-0.39, 0.29) is 0 Å². The Morgan fingerprint density at radius 2 is 2.54 bits per heavy atom. The van der Waals surface area contributed by atoms with Crippen molar-refractivity contribution >= 4 is 18.4 Å². The maximum absolute atomic E-state index is 10.5. The van der Waals surface area contributed by atoms with Crippen molar-refractivity contribution in [3.63, 3.8) is 0 Å². The lowest BCUT2D eigenvalue weighted by Crippen LogP contribution is -1.91. The lowest BCUT2D eigenvalue weighted by molar-refractivity contribution is 0.183. The van der Waals surface area contributed by atoms with Gasteiger partial charge in [-0.25, -0.2) is 4.79 Å². The van der Waals surface area contributed by atoms with Gasteiger partial charge in [-0.05, 0) is 24.3 Å². The number of rotatable bonds is 2. The first-order valence-corrected chi connectivity index (χ1v) is 3.65. The molecule has 1 aromatic heterocycles. The number of amides is 1. The molecule has 1 amide bonds. The number of carbonyl (C=O) groups excluding carboxylic acids is 1. The van der Waals surface area contributed by atoms with Crippen molar-refractivity contribution in [3.05, 3.63) is 30.2 Å². The number of ether oxygens (including phenoxy) is 1. The van der Waals surface area contributed by atoms with E-state index in [1.807, 2.05) is 0 Å². The number of nitrogens with zero attached hydrogens (tertiary/aromatic N) is 1. The number of carbonyl (C=O) groups is 1. The van der Waals surface area contributed by atoms with Crippen molar-refractivity contribution < 1.29 is 13.9 Å². The highest BCUT2D eigenvalue weighted by molar-refractivity contribution is 5.87. The Bertz CT molecular complexity index is 312. The third-order valence-electron chi connectivity index (χ3n) is 1.24. The van der Waals surface area contributed by atoms with Crippen LogP contribution in [0.1, 0.15) is 5.76 Å². The number of hydrogen-bond acceptors (Lipinski definition) is 3. The summed E-state index contributed by atoms with van der Waals surface area (Å²) in [7, 11) is 1.27. The molecule has 0 aliphatic heterocycles. The van der Waals surface area contributed by atoms with E-state index in [0.717, 1.165) is 0 Å². The van der Waals surface area contributed by atoms with E-state index in [2.05, 4.69) is 9.73 Å². The summed E-state index contributed by atoms with van der Waals surface area (Å²) in [4.78, 5) is 13.9. The molecular weight excluding hydrogens is 170 g/mol. The maximum atomic E-state index is 10.5. The summed E-state index contributed by atoms with van der Waals surface area (Å²) in [5.41, 5.74) is 0. The molecule has 4 heteroatoms. The maximum Gasteiger partial charge on any atom is 0.433 e. The molecule has 1 rings (SSSR count). The molecule has 0 saturated carbocycles. The van der Waals surface area contributed by atoms with Crippen molar-refractivity contribution in [1.29, 1.82) is 0 Å². The third-order valence-corrected chi connectivity index (χ3v) is 1.24. The van der Waals surface area contributed by atoms with E-state index in [1.54, 1.807) is 30.5 Å². The summed E-state index contributed by atoms with van der Waals surface area (Å²) in [5, 5.41) is 0. The highest BCUT2D eigenvalue weighted by atomic mass is 16.5. The molecule has 4 nitrogen and oxygen atoms in total. The Morgan fingerprint density at radius 1 is 1.69 bits per heavy atom. The van der Waals surface area contributed by atoms with Gasteiger partial charge in [0, 0.05) is 6.21 Å². The quantitative estimate of drug-likeness (QED) is 0.653. The minimum Gasteiger partial charge on any atom is -0.465 e. The van der Waals surface area contributed by atoms with Gasteiger partial charge >= 0.3 is 6.09 Å². The SMILES string of the molecule is COC(=O)/N=C/C=C/c1ccco1. The molecule has 0 bridgehead atoms. The molecule has 1 aromatic rings. The van der Waals surface area contributed by atoms with Crippen molar-refractivity contribution in [2.24, 2.45) is 4.99 Å². The monoisotopic (exact) mass is 179 g/mol. The molecule has 0 aliphatic rings. The van der Waals surface area contributed by atoms with Crippen molar-refractivity contribution in [3.8, 4) is 0 Å². The summed E-state index contributed by atoms with van der Waals surface area (Å²) in [5.74, 6) is 0.705. The first-order valence-electron chi connectivity index (χ1n) is 3.65. The van der Waals surface area contributed by atoms with Gasteiger partial charge in [0.15, 0.2) is 0 Å². The summed E-state index contributed by atoms with van der Waals surface area (Å²) in [6.45, 7) is 0. The van der Waals surface area contributed by atoms with Crippen LogP contribution in [-0.4, -0.2) is 19.4 Å². The van der Waals surface area contributed by atoms with Crippen LogP contribution >= 0.6 is 0 Å². The van der Waals surface area contributed by atoms with E-state index < -0.39 is 6.09 Å². The van der Waals surface area contributed by atoms with Gasteiger partial charge in [0.25, 0.3) is 0 Å². The molecule has 0 saturated heterocycles. The molecule has 0 aliphatic carbocycles. The molecule has 1 heterocycles. The third kappa shape index (κ3) is 3.37. The molecule has 0 fully saturated rings. The number of aliphatic imine (C=N–C) groups is 1. The normalized spacial score (nSPS) is 11.2. The van der Waals surface area contributed by atoms with Gasteiger partial charge in [-0.2, -0.15) is 4.99 Å². The molecule has 0 radical (unpaired) electrons. The van der Waals surface area contributed by atoms with Gasteiger partial charge in [0.05, 0.1) is 13.4 Å². The lowest BCUT2D eigenvalue weighted by atomic mass is 10.4. The second-order valence-electron chi connectivity index (χ2n) is 2.12. The summed E-state index contributed by atoms with van der Waals surface area (Å²) in [6, 6.07) is 3.57. The Hall–Kier alpha value is -1.84. The van der Waals surface area contributed by atoms with Crippen LogP contribution in [0.25, 0.3) is 6.08 Å². The fraction of sp³-hybridized carbons (Fsp3) is 0.111. The van der Waals surface area contributed by atoms with Crippen LogP contribution in [-0.2, 0) is 4.74 Å². The average molecular weight is 179 g/mol. The molecule has 0 unspecified atom stereocenters. The summed E-state index contributed by atoms with van der Waals surface area (Å²) in [6.07, 6.45) is 5.57. The predicted octanol–water partition coefficient (Wildman–Crippen LogP) is 2.13. The van der Waals surface area contributed by atoms with Crippen LogP contribution in [0.4, 0.5) is 4.79 Å². The number of methoxy groups -OCH3 is 1. The fourth-order valence-corrected chi connectivity index (χ4v) is 0.681. The van der Waals surface area contributed by atoms with E-state index in [1.165, 1.54) is 13.3 Å². The van der Waals surface area contributed by atoms with E-state index in [4.69, 9.17) is 4.42 Å². The smallest absolute Gasteiger partial charge is 0.433 e. The standard InChI is InChI=1S/C9H9NO3/c1-12-9(11)10-6-2-4-8-5-3-7-13-8/h2-7H,1H3/b4-2+,10-6+. The Kier molecular flexibility index (Phi) is 3.50. The highest BCUT2D eigenvalue weighted by Gasteiger charge is 1.88. The first kappa shape index (κ1) is 9.25. The van der Waals surface area contributed by atoms with Crippen molar-refractivity contribution in [2.45, 2.75) is 0 Å². The van der Waals surface area contributed by atoms with E-state index >= 15 is 0 Å². The number of furan rings is 1. The van der Waals surface area contributed by atoms with Crippen molar-refractivity contribution in [1.82, 2.24) is 0 Å². The molecule has 0 spiro atoms. The van der Waals surface area contributed by atoms with E-state index in [0.29, 0.717) is 5.76 Å². The van der Waals surface area contributed by atoms with Gasteiger partial charge in [-0.15, -0.1) is 0 Å². The predicted molar refractivity (Wildman–Crippen MR) is 48.6 cm³/mol. The van der Waals surface area contributed by atoms with E-state index in [9.17, 15) is 4.79 Å². The molecule has 0 N–H and O–H groups in total. The first-order chi connectivity index (χ1) is 6.33. The Labute approximate surface area is 75.5 Å². The highest BCUT2D eigenvalue weighted by Crippen LogP contribution is 2.00. The van der Waals surface area contributed by atoms with Gasteiger partial charge in [-0.3, -0.25) is 0 Å². The van der Waals surface area contributed by atoms with Gasteiger partial charge < -0.3 is 9.15 Å². The molecule has 0 aromatic carbocycles. The zero-order valence-corrected chi connectivity index (χ0v) is 7.14. The fourth-order valence-electron chi connectivity index (χ4n) is 0.681. The topological polar surface area (TPSA) is 51.8 Å². The second kappa shape index (κ2) is 4.92. The van der Waals surface area contributed by atoms with Crippen LogP contribution in [0.15, 0.2) is 33.9 Å². The Balaban J connectivity index is 2.42. The molecule has 68 valence electrons. The zero-order valence-electron chi connectivity index (χ0n) is 7.14. The van der Waals surface area contributed by atoms with Crippen LogP contribution in [0.2, 0.25) is 0 Å². The van der Waals surface area contributed by atoms with Gasteiger partial charge in [0.2, 0.25) is 0 Å². The summed E-state index contributed by atoms with van der Waals surface area (Å²) >= 11 is 0. The van der Waals surface area contributed by atoms with Crippen molar-refractivity contribution in [2.75, 3.05) is 7.11 Å². The largest absolute Gasteiger partial charge is 0.465 e. The van der Waals surface area contributed by atoms with Gasteiger partial charge in [-0.1, -0.05) is 0 Å². The van der Waals surface area contributed by atoms with Crippen LogP contribution < -0.4 is 0 Å². The minimum absolute atomic E-state index is 0.621.